The Labute approximate surface area is 143 Å². The summed E-state index contributed by atoms with van der Waals surface area (Å²) in [7, 11) is 0. The Balaban J connectivity index is 2.09. The highest BCUT2D eigenvalue weighted by molar-refractivity contribution is 7.12. The van der Waals surface area contributed by atoms with Crippen LogP contribution in [0.15, 0.2) is 29.8 Å². The third kappa shape index (κ3) is 3.12. The summed E-state index contributed by atoms with van der Waals surface area (Å²) >= 11 is 7.57. The summed E-state index contributed by atoms with van der Waals surface area (Å²) < 4.78 is 7.00. The van der Waals surface area contributed by atoms with Crippen LogP contribution < -0.4 is 0 Å². The van der Waals surface area contributed by atoms with Crippen molar-refractivity contribution in [3.05, 3.63) is 46.1 Å². The summed E-state index contributed by atoms with van der Waals surface area (Å²) in [6, 6.07) is 5.87. The van der Waals surface area contributed by atoms with E-state index in [9.17, 15) is 4.79 Å². The molecule has 3 aromatic rings. The van der Waals surface area contributed by atoms with E-state index >= 15 is 0 Å². The molecule has 0 saturated carbocycles. The molecule has 1 aromatic carbocycles. The number of thiazole rings is 1. The molecule has 0 bridgehead atoms. The fourth-order valence-corrected chi connectivity index (χ4v) is 3.52. The lowest BCUT2D eigenvalue weighted by atomic mass is 10.1. The lowest BCUT2D eigenvalue weighted by molar-refractivity contribution is 0.0520. The Morgan fingerprint density at radius 1 is 1.39 bits per heavy atom. The van der Waals surface area contributed by atoms with Crippen molar-refractivity contribution < 1.29 is 9.53 Å². The number of halogens is 1. The second kappa shape index (κ2) is 6.72. The van der Waals surface area contributed by atoms with E-state index in [1.807, 2.05) is 22.8 Å². The van der Waals surface area contributed by atoms with Gasteiger partial charge in [0.1, 0.15) is 0 Å². The Morgan fingerprint density at radius 2 is 2.22 bits per heavy atom. The van der Waals surface area contributed by atoms with E-state index in [0.717, 1.165) is 23.5 Å². The minimum absolute atomic E-state index is 0.341. The number of ether oxygens (including phenoxy) is 1. The average Bonchev–Trinajstić information content (AvgIpc) is 3.13. The van der Waals surface area contributed by atoms with Gasteiger partial charge in [-0.2, -0.15) is 0 Å². The molecule has 0 fully saturated rings. The van der Waals surface area contributed by atoms with Gasteiger partial charge in [0, 0.05) is 22.0 Å². The zero-order valence-electron chi connectivity index (χ0n) is 13.0. The van der Waals surface area contributed by atoms with Crippen molar-refractivity contribution in [3.63, 3.8) is 0 Å². The lowest BCUT2D eigenvalue weighted by Gasteiger charge is -2.01. The molecule has 23 heavy (non-hydrogen) atoms. The molecule has 0 N–H and O–H groups in total. The summed E-state index contributed by atoms with van der Waals surface area (Å²) in [5, 5.41) is 4.32. The van der Waals surface area contributed by atoms with Gasteiger partial charge in [-0.05, 0) is 31.0 Å². The number of aryl methyl sites for hydroxylation is 1. The Hall–Kier alpha value is -1.85. The van der Waals surface area contributed by atoms with E-state index in [1.165, 1.54) is 22.3 Å². The number of nitrogens with zero attached hydrogens (tertiary/aromatic N) is 2. The quantitative estimate of drug-likeness (QED) is 0.618. The van der Waals surface area contributed by atoms with Crippen LogP contribution in [0.3, 0.4) is 0 Å². The molecule has 6 heteroatoms. The third-order valence-electron chi connectivity index (χ3n) is 3.55. The zero-order chi connectivity index (χ0) is 16.4. The van der Waals surface area contributed by atoms with Gasteiger partial charge in [-0.25, -0.2) is 9.78 Å². The topological polar surface area (TPSA) is 44.1 Å². The summed E-state index contributed by atoms with van der Waals surface area (Å²) in [5.74, 6) is -0.390. The van der Waals surface area contributed by atoms with Crippen LogP contribution in [-0.2, 0) is 11.2 Å². The summed E-state index contributed by atoms with van der Waals surface area (Å²) in [6.45, 7) is 4.28. The van der Waals surface area contributed by atoms with Gasteiger partial charge in [0.2, 0.25) is 0 Å². The van der Waals surface area contributed by atoms with Crippen molar-refractivity contribution >= 4 is 39.8 Å². The number of aromatic nitrogens is 2. The minimum atomic E-state index is -0.390. The second-order valence-corrected chi connectivity index (χ2v) is 6.44. The molecule has 0 atom stereocenters. The number of fused-ring (bicyclic) bond motifs is 1. The molecule has 0 saturated heterocycles. The standard InChI is InChI=1S/C17H17ClN2O2S/c1-3-5-11-9-20(15-8-12(18)6-7-13(11)15)17-19-14(10-23-17)16(21)22-4-2/h6-10H,3-5H2,1-2H3. The molecule has 0 unspecified atom stereocenters. The highest BCUT2D eigenvalue weighted by atomic mass is 35.5. The van der Waals surface area contributed by atoms with E-state index in [0.29, 0.717) is 17.3 Å². The monoisotopic (exact) mass is 348 g/mol. The number of hydrogen-bond donors (Lipinski definition) is 0. The van der Waals surface area contributed by atoms with E-state index < -0.39 is 5.97 Å². The molecule has 2 aromatic heterocycles. The number of hydrogen-bond acceptors (Lipinski definition) is 4. The van der Waals surface area contributed by atoms with Crippen LogP contribution in [0.5, 0.6) is 0 Å². The summed E-state index contributed by atoms with van der Waals surface area (Å²) in [4.78, 5) is 16.2. The van der Waals surface area contributed by atoms with Crippen LogP contribution in [0, 0.1) is 0 Å². The Morgan fingerprint density at radius 3 is 2.96 bits per heavy atom. The largest absolute Gasteiger partial charge is 0.461 e. The smallest absolute Gasteiger partial charge is 0.357 e. The predicted molar refractivity (Wildman–Crippen MR) is 93.9 cm³/mol. The predicted octanol–water partition coefficient (Wildman–Crippen LogP) is 4.87. The number of esters is 1. The Bertz CT molecular complexity index is 854. The van der Waals surface area contributed by atoms with Crippen LogP contribution in [0.25, 0.3) is 16.0 Å². The number of carbonyl (C=O) groups excluding carboxylic acids is 1. The maximum atomic E-state index is 11.8. The maximum Gasteiger partial charge on any atom is 0.357 e. The third-order valence-corrected chi connectivity index (χ3v) is 4.63. The summed E-state index contributed by atoms with van der Waals surface area (Å²) in [6.07, 6.45) is 4.13. The molecule has 3 rings (SSSR count). The van der Waals surface area contributed by atoms with Gasteiger partial charge in [0.25, 0.3) is 0 Å². The van der Waals surface area contributed by atoms with Gasteiger partial charge in [-0.3, -0.25) is 4.57 Å². The number of benzene rings is 1. The number of rotatable bonds is 5. The first-order valence-electron chi connectivity index (χ1n) is 7.56. The van der Waals surface area contributed by atoms with Crippen LogP contribution in [0.4, 0.5) is 0 Å². The molecule has 4 nitrogen and oxygen atoms in total. The molecular formula is C17H17ClN2O2S. The molecule has 0 aliphatic carbocycles. The van der Waals surface area contributed by atoms with Crippen molar-refractivity contribution in [3.8, 4) is 5.13 Å². The van der Waals surface area contributed by atoms with E-state index in [1.54, 1.807) is 12.3 Å². The van der Waals surface area contributed by atoms with Crippen molar-refractivity contribution in [1.29, 1.82) is 0 Å². The zero-order valence-corrected chi connectivity index (χ0v) is 14.6. The van der Waals surface area contributed by atoms with E-state index in [2.05, 4.69) is 18.1 Å². The molecule has 0 spiro atoms. The van der Waals surface area contributed by atoms with Gasteiger partial charge in [0.15, 0.2) is 10.8 Å². The van der Waals surface area contributed by atoms with Gasteiger partial charge >= 0.3 is 5.97 Å². The molecule has 0 amide bonds. The minimum Gasteiger partial charge on any atom is -0.461 e. The first kappa shape index (κ1) is 16.0. The fourth-order valence-electron chi connectivity index (χ4n) is 2.57. The first-order chi connectivity index (χ1) is 11.1. The van der Waals surface area contributed by atoms with E-state index in [-0.39, 0.29) is 0 Å². The average molecular weight is 349 g/mol. The Kier molecular flexibility index (Phi) is 4.68. The molecule has 0 aliphatic heterocycles. The molecule has 2 heterocycles. The highest BCUT2D eigenvalue weighted by Crippen LogP contribution is 2.29. The highest BCUT2D eigenvalue weighted by Gasteiger charge is 2.16. The SMILES string of the molecule is CCCc1cn(-c2nc(C(=O)OCC)cs2)c2cc(Cl)ccc12. The molecule has 0 radical (unpaired) electrons. The molecule has 120 valence electrons. The van der Waals surface area contributed by atoms with Crippen LogP contribution in [0.1, 0.15) is 36.3 Å². The van der Waals surface area contributed by atoms with Crippen molar-refractivity contribution in [1.82, 2.24) is 9.55 Å². The van der Waals surface area contributed by atoms with Crippen LogP contribution >= 0.6 is 22.9 Å². The van der Waals surface area contributed by atoms with E-state index in [4.69, 9.17) is 16.3 Å². The molecule has 0 aliphatic rings. The van der Waals surface area contributed by atoms with Crippen molar-refractivity contribution in [2.75, 3.05) is 6.61 Å². The van der Waals surface area contributed by atoms with Gasteiger partial charge in [-0.15, -0.1) is 11.3 Å². The number of carbonyl (C=O) groups is 1. The first-order valence-corrected chi connectivity index (χ1v) is 8.82. The summed E-state index contributed by atoms with van der Waals surface area (Å²) in [5.41, 5.74) is 2.60. The van der Waals surface area contributed by atoms with Gasteiger partial charge < -0.3 is 4.74 Å². The van der Waals surface area contributed by atoms with Crippen molar-refractivity contribution in [2.24, 2.45) is 0 Å². The fraction of sp³-hybridized carbons (Fsp3) is 0.294. The second-order valence-electron chi connectivity index (χ2n) is 5.17. The lowest BCUT2D eigenvalue weighted by Crippen LogP contribution is -2.05. The maximum absolute atomic E-state index is 11.8. The van der Waals surface area contributed by atoms with Gasteiger partial charge in [0.05, 0.1) is 12.1 Å². The van der Waals surface area contributed by atoms with Crippen LogP contribution in [0.2, 0.25) is 5.02 Å². The molecular weight excluding hydrogens is 332 g/mol. The van der Waals surface area contributed by atoms with Crippen molar-refractivity contribution in [2.45, 2.75) is 26.7 Å². The van der Waals surface area contributed by atoms with Crippen LogP contribution in [-0.4, -0.2) is 22.1 Å². The van der Waals surface area contributed by atoms with Gasteiger partial charge in [-0.1, -0.05) is 31.0 Å². The normalized spacial score (nSPS) is 11.1.